The lowest BCUT2D eigenvalue weighted by molar-refractivity contribution is -0.870. The number of phosphoric acid groups is 1. The number of allylic oxidation sites excluding steroid dienone is 4. The van der Waals surface area contributed by atoms with Crippen molar-refractivity contribution in [3.8, 4) is 0 Å². The maximum atomic E-state index is 12.7. The largest absolute Gasteiger partial charge is 0.756 e. The van der Waals surface area contributed by atoms with Crippen molar-refractivity contribution < 1.29 is 42.1 Å². The zero-order chi connectivity index (χ0) is 42.8. The van der Waals surface area contributed by atoms with Gasteiger partial charge in [-0.15, -0.1) is 0 Å². The Hall–Kier alpha value is -1.51. The summed E-state index contributed by atoms with van der Waals surface area (Å²) < 4.78 is 34.0. The van der Waals surface area contributed by atoms with E-state index in [9.17, 15) is 19.0 Å². The van der Waals surface area contributed by atoms with Crippen LogP contribution in [0.3, 0.4) is 0 Å². The van der Waals surface area contributed by atoms with E-state index in [2.05, 4.69) is 38.2 Å². The number of nitrogens with zero attached hydrogens (tertiary/aromatic N) is 1. The molecule has 0 aromatic rings. The van der Waals surface area contributed by atoms with Gasteiger partial charge in [0, 0.05) is 12.8 Å². The van der Waals surface area contributed by atoms with E-state index in [0.29, 0.717) is 17.4 Å². The first kappa shape index (κ1) is 56.5. The minimum atomic E-state index is -4.63. The molecule has 0 aliphatic carbocycles. The maximum absolute atomic E-state index is 12.7. The van der Waals surface area contributed by atoms with Gasteiger partial charge < -0.3 is 27.9 Å². The quantitative estimate of drug-likeness (QED) is 0.0196. The Balaban J connectivity index is 4.30. The predicted molar refractivity (Wildman–Crippen MR) is 241 cm³/mol. The molecule has 0 fully saturated rings. The second-order valence-electron chi connectivity index (χ2n) is 17.5. The molecule has 0 aromatic carbocycles. The van der Waals surface area contributed by atoms with Crippen molar-refractivity contribution in [2.45, 2.75) is 225 Å². The number of rotatable bonds is 44. The Labute approximate surface area is 358 Å². The molecule has 58 heavy (non-hydrogen) atoms. The molecular weight excluding hydrogens is 750 g/mol. The Morgan fingerprint density at radius 1 is 0.517 bits per heavy atom. The van der Waals surface area contributed by atoms with Crippen LogP contribution in [0.1, 0.15) is 219 Å². The van der Waals surface area contributed by atoms with Crippen molar-refractivity contribution in [3.05, 3.63) is 24.3 Å². The van der Waals surface area contributed by atoms with Gasteiger partial charge in [0.2, 0.25) is 0 Å². The molecule has 0 aromatic heterocycles. The van der Waals surface area contributed by atoms with Crippen molar-refractivity contribution in [3.63, 3.8) is 0 Å². The molecule has 9 nitrogen and oxygen atoms in total. The van der Waals surface area contributed by atoms with Gasteiger partial charge in [0.05, 0.1) is 27.7 Å². The van der Waals surface area contributed by atoms with Crippen molar-refractivity contribution in [2.24, 2.45) is 0 Å². The minimum absolute atomic E-state index is 0.0310. The van der Waals surface area contributed by atoms with Crippen LogP contribution >= 0.6 is 7.82 Å². The average molecular weight is 842 g/mol. The molecule has 0 heterocycles. The van der Waals surface area contributed by atoms with Crippen LogP contribution in [0.25, 0.3) is 0 Å². The fourth-order valence-electron chi connectivity index (χ4n) is 6.64. The molecular formula is C48H92NO8P. The number of quaternary nitrogens is 1. The first-order valence-corrected chi connectivity index (χ1v) is 25.5. The van der Waals surface area contributed by atoms with Gasteiger partial charge in [-0.05, 0) is 64.2 Å². The predicted octanol–water partition coefficient (Wildman–Crippen LogP) is 13.3. The van der Waals surface area contributed by atoms with Gasteiger partial charge >= 0.3 is 11.9 Å². The maximum Gasteiger partial charge on any atom is 0.306 e. The topological polar surface area (TPSA) is 111 Å². The van der Waals surface area contributed by atoms with Crippen molar-refractivity contribution in [1.29, 1.82) is 0 Å². The van der Waals surface area contributed by atoms with Crippen molar-refractivity contribution in [2.75, 3.05) is 47.5 Å². The molecule has 0 rings (SSSR count). The number of ether oxygens (including phenoxy) is 2. The van der Waals surface area contributed by atoms with E-state index in [1.807, 2.05) is 21.1 Å². The molecule has 0 bridgehead atoms. The van der Waals surface area contributed by atoms with Crippen LogP contribution in [-0.4, -0.2) is 70.0 Å². The summed E-state index contributed by atoms with van der Waals surface area (Å²) in [7, 11) is 1.17. The highest BCUT2D eigenvalue weighted by Crippen LogP contribution is 2.38. The summed E-state index contributed by atoms with van der Waals surface area (Å²) in [6.45, 7) is 4.23. The molecule has 0 aliphatic heterocycles. The number of carbonyl (C=O) groups excluding carboxylic acids is 2. The molecule has 0 saturated heterocycles. The highest BCUT2D eigenvalue weighted by Gasteiger charge is 2.21. The van der Waals surface area contributed by atoms with Gasteiger partial charge in [0.15, 0.2) is 6.10 Å². The van der Waals surface area contributed by atoms with Crippen LogP contribution in [0, 0.1) is 0 Å². The van der Waals surface area contributed by atoms with E-state index >= 15 is 0 Å². The summed E-state index contributed by atoms with van der Waals surface area (Å²) in [5, 5.41) is 0. The van der Waals surface area contributed by atoms with E-state index < -0.39 is 26.5 Å². The van der Waals surface area contributed by atoms with Crippen molar-refractivity contribution in [1.82, 2.24) is 0 Å². The van der Waals surface area contributed by atoms with E-state index in [1.165, 1.54) is 128 Å². The van der Waals surface area contributed by atoms with Crippen LogP contribution in [-0.2, 0) is 32.7 Å². The number of hydrogen-bond acceptors (Lipinski definition) is 8. The van der Waals surface area contributed by atoms with E-state index in [-0.39, 0.29) is 32.0 Å². The number of carbonyl (C=O) groups is 2. The third-order valence-electron chi connectivity index (χ3n) is 10.4. The molecule has 0 saturated carbocycles. The number of hydrogen-bond donors (Lipinski definition) is 0. The van der Waals surface area contributed by atoms with Gasteiger partial charge in [-0.3, -0.25) is 14.2 Å². The summed E-state index contributed by atoms with van der Waals surface area (Å²) in [6, 6.07) is 0. The molecule has 0 aliphatic rings. The molecule has 10 heteroatoms. The summed E-state index contributed by atoms with van der Waals surface area (Å²) in [5.41, 5.74) is 0. The molecule has 1 unspecified atom stereocenters. The average Bonchev–Trinajstić information content (AvgIpc) is 3.17. The fraction of sp³-hybridized carbons (Fsp3) is 0.875. The van der Waals surface area contributed by atoms with Crippen LogP contribution in [0.2, 0.25) is 0 Å². The Morgan fingerprint density at radius 3 is 1.28 bits per heavy atom. The van der Waals surface area contributed by atoms with Gasteiger partial charge in [-0.2, -0.15) is 0 Å². The van der Waals surface area contributed by atoms with Gasteiger partial charge in [-0.1, -0.05) is 167 Å². The number of esters is 2. The Morgan fingerprint density at radius 2 is 0.879 bits per heavy atom. The first-order chi connectivity index (χ1) is 28.0. The lowest BCUT2D eigenvalue weighted by Crippen LogP contribution is -2.37. The van der Waals surface area contributed by atoms with Crippen LogP contribution in [0.5, 0.6) is 0 Å². The van der Waals surface area contributed by atoms with Crippen LogP contribution in [0.15, 0.2) is 24.3 Å². The van der Waals surface area contributed by atoms with Gasteiger partial charge in [0.25, 0.3) is 7.82 Å². The standard InChI is InChI=1S/C48H92NO8P/c1-6-8-10-12-14-16-18-20-22-24-26-28-30-32-34-36-38-40-47(50)54-44-46(45-56-58(52,53)55-43-42-49(3,4)5)57-48(51)41-39-37-35-33-31-29-27-25-23-21-19-17-15-13-11-9-7-2/h20-23,46H,6-19,24-45H2,1-5H3/b22-20-,23-21-/t46-/m1/s1. The second kappa shape index (κ2) is 40.9. The molecule has 342 valence electrons. The van der Waals surface area contributed by atoms with E-state index in [1.54, 1.807) is 0 Å². The van der Waals surface area contributed by atoms with Crippen LogP contribution < -0.4 is 4.89 Å². The SMILES string of the molecule is CCCCCCCC/C=C\CCCCCCCCCC(=O)OC[C@H](COP(=O)([O-])OCC[N+](C)(C)C)OC(=O)CCCCCCCCC/C=C\CCCCCCCC. The number of unbranched alkanes of at least 4 members (excludes halogenated alkanes) is 26. The van der Waals surface area contributed by atoms with E-state index in [0.717, 1.165) is 57.8 Å². The third-order valence-corrected chi connectivity index (χ3v) is 11.4. The van der Waals surface area contributed by atoms with E-state index in [4.69, 9.17) is 18.5 Å². The lowest BCUT2D eigenvalue weighted by atomic mass is 10.1. The fourth-order valence-corrected chi connectivity index (χ4v) is 7.37. The molecule has 2 atom stereocenters. The first-order valence-electron chi connectivity index (χ1n) is 24.0. The van der Waals surface area contributed by atoms with Crippen LogP contribution in [0.4, 0.5) is 0 Å². The Bertz CT molecular complexity index is 1040. The molecule has 0 N–H and O–H groups in total. The second-order valence-corrected chi connectivity index (χ2v) is 18.9. The monoisotopic (exact) mass is 842 g/mol. The van der Waals surface area contributed by atoms with Gasteiger partial charge in [-0.25, -0.2) is 0 Å². The van der Waals surface area contributed by atoms with Gasteiger partial charge in [0.1, 0.15) is 19.8 Å². The lowest BCUT2D eigenvalue weighted by Gasteiger charge is -2.28. The third kappa shape index (κ3) is 44.1. The number of phosphoric ester groups is 1. The molecule has 0 radical (unpaired) electrons. The highest BCUT2D eigenvalue weighted by molar-refractivity contribution is 7.45. The Kier molecular flexibility index (Phi) is 39.8. The zero-order valence-electron chi connectivity index (χ0n) is 38.5. The summed E-state index contributed by atoms with van der Waals surface area (Å²) in [5.74, 6) is -0.837. The summed E-state index contributed by atoms with van der Waals surface area (Å²) in [4.78, 5) is 37.6. The normalized spacial score (nSPS) is 13.7. The molecule has 0 amide bonds. The zero-order valence-corrected chi connectivity index (χ0v) is 39.4. The minimum Gasteiger partial charge on any atom is -0.756 e. The number of likely N-dealkylation sites (N-methyl/N-ethyl adjacent to an activating group) is 1. The summed E-state index contributed by atoms with van der Waals surface area (Å²) >= 11 is 0. The highest BCUT2D eigenvalue weighted by atomic mass is 31.2. The molecule has 0 spiro atoms. The smallest absolute Gasteiger partial charge is 0.306 e. The summed E-state index contributed by atoms with van der Waals surface area (Å²) in [6.07, 6.45) is 44.8. The van der Waals surface area contributed by atoms with Crippen molar-refractivity contribution >= 4 is 19.8 Å².